The first kappa shape index (κ1) is 17.2. The zero-order chi connectivity index (χ0) is 18.4. The molecule has 148 valence electrons. The first-order chi connectivity index (χ1) is 13.0. The van der Waals surface area contributed by atoms with E-state index in [1.807, 2.05) is 0 Å². The zero-order valence-corrected chi connectivity index (χ0v) is 17.0. The van der Waals surface area contributed by atoms with Crippen LogP contribution in [0.15, 0.2) is 11.6 Å². The average molecular weight is 371 g/mol. The highest BCUT2D eigenvalue weighted by Gasteiger charge is 2.65. The lowest BCUT2D eigenvalue weighted by atomic mass is 9.47. The van der Waals surface area contributed by atoms with Crippen LogP contribution in [0.2, 0.25) is 0 Å². The third-order valence-corrected chi connectivity index (χ3v) is 10.1. The van der Waals surface area contributed by atoms with Gasteiger partial charge in [-0.05, 0) is 67.6 Å². The van der Waals surface area contributed by atoms with Gasteiger partial charge in [-0.15, -0.1) is 0 Å². The summed E-state index contributed by atoms with van der Waals surface area (Å²) in [6.45, 7) is 6.37. The molecule has 7 atom stereocenters. The first-order valence-corrected chi connectivity index (χ1v) is 11.5. The lowest BCUT2D eigenvalue weighted by Crippen LogP contribution is -2.53. The summed E-state index contributed by atoms with van der Waals surface area (Å²) in [6, 6.07) is 0. The molecule has 27 heavy (non-hydrogen) atoms. The fraction of sp³-hybridized carbons (Fsp3) is 0.875. The first-order valence-electron chi connectivity index (χ1n) is 11.5. The SMILES string of the molecule is CC12CCC3C(CC=C4CC5(CC[C@@]43C)OCCO5)C1C1CCC[C@H]1C2=O. The molecular weight excluding hydrogens is 336 g/mol. The number of ether oxygens (including phenoxy) is 2. The average Bonchev–Trinajstić information content (AvgIpc) is 3.35. The molecule has 0 bridgehead atoms. The van der Waals surface area contributed by atoms with E-state index in [1.165, 1.54) is 38.5 Å². The van der Waals surface area contributed by atoms with Crippen molar-refractivity contribution in [3.63, 3.8) is 0 Å². The number of hydrogen-bond donors (Lipinski definition) is 0. The van der Waals surface area contributed by atoms with Crippen molar-refractivity contribution in [2.45, 2.75) is 77.4 Å². The molecule has 1 saturated heterocycles. The van der Waals surface area contributed by atoms with Gasteiger partial charge in [0.2, 0.25) is 0 Å². The van der Waals surface area contributed by atoms with Gasteiger partial charge in [0.05, 0.1) is 13.2 Å². The maximum Gasteiger partial charge on any atom is 0.172 e. The Labute approximate surface area is 163 Å². The molecule has 3 nitrogen and oxygen atoms in total. The normalized spacial score (nSPS) is 52.9. The van der Waals surface area contributed by atoms with Crippen molar-refractivity contribution >= 4 is 5.78 Å². The molecule has 1 spiro atoms. The minimum atomic E-state index is -0.318. The number of Topliss-reactive ketones (excluding diaryl/α,β-unsaturated/α-hetero) is 1. The lowest BCUT2D eigenvalue weighted by molar-refractivity contribution is -0.185. The Bertz CT molecular complexity index is 704. The Kier molecular flexibility index (Phi) is 3.49. The van der Waals surface area contributed by atoms with Crippen molar-refractivity contribution in [3.8, 4) is 0 Å². The molecule has 5 aliphatic carbocycles. The van der Waals surface area contributed by atoms with Crippen molar-refractivity contribution in [2.75, 3.05) is 13.2 Å². The van der Waals surface area contributed by atoms with Crippen molar-refractivity contribution < 1.29 is 14.3 Å². The third-order valence-electron chi connectivity index (χ3n) is 10.1. The third kappa shape index (κ3) is 2.08. The van der Waals surface area contributed by atoms with Gasteiger partial charge in [-0.2, -0.15) is 0 Å². The van der Waals surface area contributed by atoms with E-state index >= 15 is 0 Å². The number of carbonyl (C=O) groups excluding carboxylic acids is 1. The van der Waals surface area contributed by atoms with Gasteiger partial charge >= 0.3 is 0 Å². The summed E-state index contributed by atoms with van der Waals surface area (Å²) in [5.41, 5.74) is 1.88. The van der Waals surface area contributed by atoms with Crippen LogP contribution in [0.5, 0.6) is 0 Å². The maximum atomic E-state index is 13.3. The second-order valence-electron chi connectivity index (χ2n) is 11.0. The highest BCUT2D eigenvalue weighted by atomic mass is 16.7. The van der Waals surface area contributed by atoms with Gasteiger partial charge in [0.15, 0.2) is 5.79 Å². The van der Waals surface area contributed by atoms with E-state index in [2.05, 4.69) is 19.9 Å². The summed E-state index contributed by atoms with van der Waals surface area (Å²) in [5, 5.41) is 0. The van der Waals surface area contributed by atoms with Crippen molar-refractivity contribution in [3.05, 3.63) is 11.6 Å². The van der Waals surface area contributed by atoms with E-state index in [0.717, 1.165) is 38.4 Å². The quantitative estimate of drug-likeness (QED) is 0.569. The molecular formula is C24H34O3. The smallest absolute Gasteiger partial charge is 0.172 e. The van der Waals surface area contributed by atoms with Crippen LogP contribution in [0, 0.1) is 40.4 Å². The van der Waals surface area contributed by atoms with E-state index in [1.54, 1.807) is 5.57 Å². The molecule has 0 amide bonds. The molecule has 4 saturated carbocycles. The summed E-state index contributed by atoms with van der Waals surface area (Å²) in [5.74, 6) is 3.51. The van der Waals surface area contributed by atoms with E-state index < -0.39 is 0 Å². The number of hydrogen-bond acceptors (Lipinski definition) is 3. The Hall–Kier alpha value is -0.670. The predicted molar refractivity (Wildman–Crippen MR) is 103 cm³/mol. The summed E-state index contributed by atoms with van der Waals surface area (Å²) >= 11 is 0. The van der Waals surface area contributed by atoms with Crippen LogP contribution in [-0.2, 0) is 14.3 Å². The van der Waals surface area contributed by atoms with Crippen LogP contribution in [-0.4, -0.2) is 24.8 Å². The lowest BCUT2D eigenvalue weighted by Gasteiger charge is -2.58. The molecule has 1 heterocycles. The van der Waals surface area contributed by atoms with Crippen LogP contribution in [0.25, 0.3) is 0 Å². The standard InChI is InChI=1S/C24H34O3/c1-22-10-11-24(26-12-13-27-24)14-15(22)6-7-18-19(22)8-9-23(2)20(18)16-4-3-5-17(16)21(23)25/h6,16-20H,3-5,7-14H2,1-2H3/t16?,17-,18?,19?,20?,22+,23?/m1/s1. The van der Waals surface area contributed by atoms with E-state index in [0.29, 0.717) is 34.9 Å². The van der Waals surface area contributed by atoms with Crippen LogP contribution in [0.3, 0.4) is 0 Å². The highest BCUT2D eigenvalue weighted by Crippen LogP contribution is 2.68. The summed E-state index contributed by atoms with van der Waals surface area (Å²) < 4.78 is 12.1. The monoisotopic (exact) mass is 370 g/mol. The fourth-order valence-corrected chi connectivity index (χ4v) is 8.85. The number of fused-ring (bicyclic) bond motifs is 7. The second kappa shape index (κ2) is 5.48. The topological polar surface area (TPSA) is 35.5 Å². The number of ketones is 1. The van der Waals surface area contributed by atoms with Gasteiger partial charge in [0.1, 0.15) is 5.78 Å². The Morgan fingerprint density at radius 2 is 1.78 bits per heavy atom. The van der Waals surface area contributed by atoms with Crippen molar-refractivity contribution in [1.82, 2.24) is 0 Å². The largest absolute Gasteiger partial charge is 0.347 e. The molecule has 5 fully saturated rings. The van der Waals surface area contributed by atoms with Crippen molar-refractivity contribution in [2.24, 2.45) is 40.4 Å². The maximum absolute atomic E-state index is 13.3. The van der Waals surface area contributed by atoms with Gasteiger partial charge in [-0.3, -0.25) is 4.79 Å². The Morgan fingerprint density at radius 1 is 0.963 bits per heavy atom. The van der Waals surface area contributed by atoms with Crippen molar-refractivity contribution in [1.29, 1.82) is 0 Å². The van der Waals surface area contributed by atoms with Gasteiger partial charge in [0, 0.05) is 24.2 Å². The van der Waals surface area contributed by atoms with Crippen LogP contribution in [0.1, 0.15) is 71.6 Å². The van der Waals surface area contributed by atoms with Gasteiger partial charge in [-0.25, -0.2) is 0 Å². The van der Waals surface area contributed by atoms with E-state index in [9.17, 15) is 4.79 Å². The fourth-order valence-electron chi connectivity index (χ4n) is 8.85. The minimum Gasteiger partial charge on any atom is -0.347 e. The van der Waals surface area contributed by atoms with E-state index in [4.69, 9.17) is 9.47 Å². The van der Waals surface area contributed by atoms with E-state index in [-0.39, 0.29) is 11.2 Å². The van der Waals surface area contributed by atoms with Crippen LogP contribution < -0.4 is 0 Å². The molecule has 3 heteroatoms. The molecule has 0 N–H and O–H groups in total. The summed E-state index contributed by atoms with van der Waals surface area (Å²) in [4.78, 5) is 13.3. The Balaban J connectivity index is 1.36. The molecule has 0 aromatic rings. The Morgan fingerprint density at radius 3 is 2.59 bits per heavy atom. The number of rotatable bonds is 0. The summed E-state index contributed by atoms with van der Waals surface area (Å²) in [6.07, 6.45) is 13.1. The van der Waals surface area contributed by atoms with Gasteiger partial charge in [0.25, 0.3) is 0 Å². The van der Waals surface area contributed by atoms with Gasteiger partial charge in [-0.1, -0.05) is 31.9 Å². The van der Waals surface area contributed by atoms with Crippen LogP contribution >= 0.6 is 0 Å². The molecule has 5 unspecified atom stereocenters. The predicted octanol–water partition coefficient (Wildman–Crippen LogP) is 4.90. The second-order valence-corrected chi connectivity index (χ2v) is 11.0. The minimum absolute atomic E-state index is 0.0216. The molecule has 0 aromatic heterocycles. The zero-order valence-electron chi connectivity index (χ0n) is 17.0. The van der Waals surface area contributed by atoms with Gasteiger partial charge < -0.3 is 9.47 Å². The van der Waals surface area contributed by atoms with Crippen LogP contribution in [0.4, 0.5) is 0 Å². The number of allylic oxidation sites excluding steroid dienone is 1. The molecule has 1 aliphatic heterocycles. The number of carbonyl (C=O) groups is 1. The molecule has 6 rings (SSSR count). The molecule has 0 aromatic carbocycles. The highest BCUT2D eigenvalue weighted by molar-refractivity contribution is 5.90. The summed E-state index contributed by atoms with van der Waals surface area (Å²) in [7, 11) is 0. The molecule has 0 radical (unpaired) electrons. The molecule has 6 aliphatic rings.